The van der Waals surface area contributed by atoms with E-state index in [1.54, 1.807) is 12.1 Å². The average Bonchev–Trinajstić information content (AvgIpc) is 2.47. The Labute approximate surface area is 120 Å². The standard InChI is InChI=1S/C15H13NO5/c1-2-10-3-6-12(7-4-10)21-14-9-11(16(19)20)5-8-13(14)15(17)18/h3-9H,2H2,1H3,(H,17,18). The first kappa shape index (κ1) is 14.5. The normalized spacial score (nSPS) is 10.1. The number of hydrogen-bond donors (Lipinski definition) is 1. The largest absolute Gasteiger partial charge is 0.478 e. The van der Waals surface area contributed by atoms with E-state index in [1.165, 1.54) is 0 Å². The Kier molecular flexibility index (Phi) is 4.18. The van der Waals surface area contributed by atoms with Crippen molar-refractivity contribution in [2.45, 2.75) is 13.3 Å². The number of carbonyl (C=O) groups is 1. The molecule has 108 valence electrons. The summed E-state index contributed by atoms with van der Waals surface area (Å²) in [5.74, 6) is -0.832. The Morgan fingerprint density at radius 3 is 2.43 bits per heavy atom. The smallest absolute Gasteiger partial charge is 0.339 e. The molecule has 6 nitrogen and oxygen atoms in total. The van der Waals surface area contributed by atoms with Gasteiger partial charge in [-0.1, -0.05) is 19.1 Å². The zero-order chi connectivity index (χ0) is 15.4. The molecule has 6 heteroatoms. The minimum absolute atomic E-state index is 0.0547. The van der Waals surface area contributed by atoms with Crippen LogP contribution < -0.4 is 4.74 Å². The fourth-order valence-electron chi connectivity index (χ4n) is 1.81. The molecule has 0 saturated heterocycles. The van der Waals surface area contributed by atoms with E-state index in [-0.39, 0.29) is 17.0 Å². The zero-order valence-corrected chi connectivity index (χ0v) is 11.3. The summed E-state index contributed by atoms with van der Waals surface area (Å²) in [6.07, 6.45) is 0.872. The van der Waals surface area contributed by atoms with Gasteiger partial charge in [0.15, 0.2) is 0 Å². The Hall–Kier alpha value is -2.89. The molecule has 2 aromatic rings. The van der Waals surface area contributed by atoms with Crippen molar-refractivity contribution < 1.29 is 19.6 Å². The molecule has 0 saturated carbocycles. The third-order valence-corrected chi connectivity index (χ3v) is 2.97. The molecular weight excluding hydrogens is 274 g/mol. The molecule has 0 heterocycles. The lowest BCUT2D eigenvalue weighted by atomic mass is 10.1. The predicted octanol–water partition coefficient (Wildman–Crippen LogP) is 3.65. The van der Waals surface area contributed by atoms with Crippen LogP contribution in [0.5, 0.6) is 11.5 Å². The van der Waals surface area contributed by atoms with Gasteiger partial charge in [0.1, 0.15) is 17.1 Å². The quantitative estimate of drug-likeness (QED) is 0.669. The molecule has 2 aromatic carbocycles. The van der Waals surface area contributed by atoms with E-state index >= 15 is 0 Å². The number of carboxylic acids is 1. The van der Waals surface area contributed by atoms with Gasteiger partial charge >= 0.3 is 5.97 Å². The summed E-state index contributed by atoms with van der Waals surface area (Å²) in [7, 11) is 0. The highest BCUT2D eigenvalue weighted by Gasteiger charge is 2.17. The van der Waals surface area contributed by atoms with E-state index in [1.807, 2.05) is 19.1 Å². The molecule has 1 N–H and O–H groups in total. The van der Waals surface area contributed by atoms with Gasteiger partial charge in [-0.2, -0.15) is 0 Å². The third kappa shape index (κ3) is 3.36. The lowest BCUT2D eigenvalue weighted by Crippen LogP contribution is -2.01. The lowest BCUT2D eigenvalue weighted by Gasteiger charge is -2.09. The van der Waals surface area contributed by atoms with Crippen molar-refractivity contribution in [1.82, 2.24) is 0 Å². The van der Waals surface area contributed by atoms with Crippen LogP contribution in [0, 0.1) is 10.1 Å². The first-order valence-corrected chi connectivity index (χ1v) is 6.29. The van der Waals surface area contributed by atoms with E-state index in [0.29, 0.717) is 5.75 Å². The second-order valence-corrected chi connectivity index (χ2v) is 4.34. The number of rotatable bonds is 5. The summed E-state index contributed by atoms with van der Waals surface area (Å²) < 4.78 is 5.48. The summed E-state index contributed by atoms with van der Waals surface area (Å²) >= 11 is 0. The number of aromatic carboxylic acids is 1. The van der Waals surface area contributed by atoms with Gasteiger partial charge in [-0.15, -0.1) is 0 Å². The molecule has 0 fully saturated rings. The number of nitro benzene ring substituents is 1. The van der Waals surface area contributed by atoms with Gasteiger partial charge in [-0.25, -0.2) is 4.79 Å². The molecule has 0 bridgehead atoms. The van der Waals surface area contributed by atoms with Crippen LogP contribution in [-0.4, -0.2) is 16.0 Å². The molecule has 2 rings (SSSR count). The maximum Gasteiger partial charge on any atom is 0.339 e. The molecule has 0 aliphatic rings. The Morgan fingerprint density at radius 2 is 1.90 bits per heavy atom. The van der Waals surface area contributed by atoms with Crippen LogP contribution in [-0.2, 0) is 6.42 Å². The number of hydrogen-bond acceptors (Lipinski definition) is 4. The van der Waals surface area contributed by atoms with Crippen molar-refractivity contribution in [3.8, 4) is 11.5 Å². The van der Waals surface area contributed by atoms with Crippen molar-refractivity contribution >= 4 is 11.7 Å². The number of aryl methyl sites for hydroxylation is 1. The number of benzene rings is 2. The summed E-state index contributed by atoms with van der Waals surface area (Å²) in [6, 6.07) is 10.5. The minimum Gasteiger partial charge on any atom is -0.478 e. The van der Waals surface area contributed by atoms with Crippen LogP contribution in [0.15, 0.2) is 42.5 Å². The molecule has 0 amide bonds. The SMILES string of the molecule is CCc1ccc(Oc2cc([N+](=O)[O-])ccc2C(=O)O)cc1. The van der Waals surface area contributed by atoms with Crippen molar-refractivity contribution in [3.05, 3.63) is 63.7 Å². The van der Waals surface area contributed by atoms with E-state index in [0.717, 1.165) is 30.2 Å². The van der Waals surface area contributed by atoms with Crippen LogP contribution in [0.1, 0.15) is 22.8 Å². The van der Waals surface area contributed by atoms with Crippen LogP contribution in [0.3, 0.4) is 0 Å². The monoisotopic (exact) mass is 287 g/mol. The molecule has 0 aliphatic heterocycles. The first-order valence-electron chi connectivity index (χ1n) is 6.29. The highest BCUT2D eigenvalue weighted by atomic mass is 16.6. The van der Waals surface area contributed by atoms with E-state index in [9.17, 15) is 14.9 Å². The van der Waals surface area contributed by atoms with Gasteiger partial charge in [0.05, 0.1) is 11.0 Å². The van der Waals surface area contributed by atoms with Crippen LogP contribution in [0.2, 0.25) is 0 Å². The highest BCUT2D eigenvalue weighted by Crippen LogP contribution is 2.29. The Balaban J connectivity index is 2.37. The minimum atomic E-state index is -1.20. The van der Waals surface area contributed by atoms with Gasteiger partial charge in [-0.05, 0) is 30.2 Å². The highest BCUT2D eigenvalue weighted by molar-refractivity contribution is 5.91. The van der Waals surface area contributed by atoms with Crippen molar-refractivity contribution in [2.24, 2.45) is 0 Å². The van der Waals surface area contributed by atoms with E-state index < -0.39 is 10.9 Å². The molecule has 0 aliphatic carbocycles. The number of ether oxygens (including phenoxy) is 1. The molecule has 21 heavy (non-hydrogen) atoms. The molecule has 0 aromatic heterocycles. The van der Waals surface area contributed by atoms with Crippen molar-refractivity contribution in [3.63, 3.8) is 0 Å². The molecule has 0 radical (unpaired) electrons. The second kappa shape index (κ2) is 6.04. The number of nitro groups is 1. The maximum atomic E-state index is 11.1. The van der Waals surface area contributed by atoms with Gasteiger partial charge < -0.3 is 9.84 Å². The average molecular weight is 287 g/mol. The predicted molar refractivity (Wildman–Crippen MR) is 75.9 cm³/mol. The van der Waals surface area contributed by atoms with Gasteiger partial charge in [0.2, 0.25) is 0 Å². The summed E-state index contributed by atoms with van der Waals surface area (Å²) in [4.78, 5) is 21.3. The summed E-state index contributed by atoms with van der Waals surface area (Å²) in [6.45, 7) is 2.01. The van der Waals surface area contributed by atoms with Gasteiger partial charge in [0.25, 0.3) is 5.69 Å². The number of carboxylic acid groups (broad SMARTS) is 1. The molecular formula is C15H13NO5. The first-order chi connectivity index (χ1) is 10.0. The fraction of sp³-hybridized carbons (Fsp3) is 0.133. The number of nitrogens with zero attached hydrogens (tertiary/aromatic N) is 1. The zero-order valence-electron chi connectivity index (χ0n) is 11.3. The van der Waals surface area contributed by atoms with Crippen LogP contribution >= 0.6 is 0 Å². The van der Waals surface area contributed by atoms with E-state index in [4.69, 9.17) is 9.84 Å². The van der Waals surface area contributed by atoms with Gasteiger partial charge in [0, 0.05) is 6.07 Å². The molecule has 0 spiro atoms. The van der Waals surface area contributed by atoms with Gasteiger partial charge in [-0.3, -0.25) is 10.1 Å². The third-order valence-electron chi connectivity index (χ3n) is 2.97. The van der Waals surface area contributed by atoms with Crippen molar-refractivity contribution in [2.75, 3.05) is 0 Å². The van der Waals surface area contributed by atoms with Crippen molar-refractivity contribution in [1.29, 1.82) is 0 Å². The fourth-order valence-corrected chi connectivity index (χ4v) is 1.81. The topological polar surface area (TPSA) is 89.7 Å². The van der Waals surface area contributed by atoms with E-state index in [2.05, 4.69) is 0 Å². The second-order valence-electron chi connectivity index (χ2n) is 4.34. The van der Waals surface area contributed by atoms with Crippen LogP contribution in [0.25, 0.3) is 0 Å². The lowest BCUT2D eigenvalue weighted by molar-refractivity contribution is -0.384. The number of non-ortho nitro benzene ring substituents is 1. The Morgan fingerprint density at radius 1 is 1.24 bits per heavy atom. The Bertz CT molecular complexity index is 679. The summed E-state index contributed by atoms with van der Waals surface area (Å²) in [5, 5.41) is 19.9. The molecule has 0 atom stereocenters. The summed E-state index contributed by atoms with van der Waals surface area (Å²) in [5.41, 5.74) is 0.764. The molecule has 0 unspecified atom stereocenters. The maximum absolute atomic E-state index is 11.1. The van der Waals surface area contributed by atoms with Crippen LogP contribution in [0.4, 0.5) is 5.69 Å².